The molecule has 2 aromatic rings. The zero-order chi connectivity index (χ0) is 16.5. The van der Waals surface area contributed by atoms with Crippen LogP contribution in [0.3, 0.4) is 0 Å². The Morgan fingerprint density at radius 2 is 2.17 bits per heavy atom. The van der Waals surface area contributed by atoms with Crippen LogP contribution in [-0.4, -0.2) is 34.1 Å². The average molecular weight is 324 g/mol. The van der Waals surface area contributed by atoms with Crippen molar-refractivity contribution in [1.82, 2.24) is 9.88 Å². The molecule has 1 aliphatic heterocycles. The van der Waals surface area contributed by atoms with E-state index in [0.29, 0.717) is 31.0 Å². The van der Waals surface area contributed by atoms with E-state index < -0.39 is 5.97 Å². The summed E-state index contributed by atoms with van der Waals surface area (Å²) >= 11 is 0. The highest BCUT2D eigenvalue weighted by Crippen LogP contribution is 2.27. The molecule has 1 aromatic heterocycles. The minimum atomic E-state index is -0.909. The van der Waals surface area contributed by atoms with Crippen molar-refractivity contribution in [3.8, 4) is 5.75 Å². The molecule has 0 saturated heterocycles. The molecule has 0 unspecified atom stereocenters. The van der Waals surface area contributed by atoms with Gasteiger partial charge in [-0.3, -0.25) is 9.88 Å². The van der Waals surface area contributed by atoms with Gasteiger partial charge in [0.05, 0.1) is 11.3 Å². The van der Waals surface area contributed by atoms with Crippen molar-refractivity contribution in [2.45, 2.75) is 32.4 Å². The van der Waals surface area contributed by atoms with Crippen molar-refractivity contribution in [2.75, 3.05) is 13.2 Å². The van der Waals surface area contributed by atoms with Crippen LogP contribution in [0.1, 0.15) is 39.3 Å². The van der Waals surface area contributed by atoms with Gasteiger partial charge in [0, 0.05) is 30.9 Å². The molecule has 124 valence electrons. The minimum Gasteiger partial charge on any atom is -0.492 e. The molecule has 1 N–H and O–H groups in total. The summed E-state index contributed by atoms with van der Waals surface area (Å²) in [6, 6.07) is 9.51. The molecule has 5 nitrogen and oxygen atoms in total. The highest BCUT2D eigenvalue weighted by Gasteiger charge is 2.22. The Labute approximate surface area is 140 Å². The van der Waals surface area contributed by atoms with Crippen molar-refractivity contribution < 1.29 is 14.6 Å². The van der Waals surface area contributed by atoms with Gasteiger partial charge in [-0.25, -0.2) is 4.79 Å². The molecule has 0 bridgehead atoms. The molecule has 2 aliphatic rings. The number of carbonyl (C=O) groups is 1. The number of ether oxygens (including phenoxy) is 1. The van der Waals surface area contributed by atoms with Gasteiger partial charge in [0.1, 0.15) is 12.4 Å². The number of aromatic nitrogens is 1. The molecule has 0 saturated carbocycles. The zero-order valence-electron chi connectivity index (χ0n) is 13.5. The fourth-order valence-corrected chi connectivity index (χ4v) is 3.57. The molecule has 0 radical (unpaired) electrons. The van der Waals surface area contributed by atoms with Gasteiger partial charge in [0.25, 0.3) is 0 Å². The Hall–Kier alpha value is -2.40. The van der Waals surface area contributed by atoms with Gasteiger partial charge >= 0.3 is 5.97 Å². The van der Waals surface area contributed by atoms with Crippen LogP contribution in [-0.2, 0) is 25.9 Å². The number of carboxylic acid groups (broad SMARTS) is 1. The summed E-state index contributed by atoms with van der Waals surface area (Å²) in [4.78, 5) is 18.5. The molecule has 24 heavy (non-hydrogen) atoms. The Balaban J connectivity index is 1.58. The Morgan fingerprint density at radius 1 is 1.25 bits per heavy atom. The lowest BCUT2D eigenvalue weighted by atomic mass is 10.1. The van der Waals surface area contributed by atoms with E-state index in [9.17, 15) is 9.90 Å². The summed E-state index contributed by atoms with van der Waals surface area (Å²) in [6.45, 7) is 2.59. The van der Waals surface area contributed by atoms with Crippen LogP contribution in [0.4, 0.5) is 0 Å². The molecule has 1 aliphatic carbocycles. The van der Waals surface area contributed by atoms with Crippen LogP contribution in [0.15, 0.2) is 30.3 Å². The average Bonchev–Trinajstić information content (AvgIpc) is 2.93. The summed E-state index contributed by atoms with van der Waals surface area (Å²) in [6.07, 6.45) is 3.40. The standard InChI is InChI=1S/C19H20N2O3/c22-19(23)15-4-2-6-18-16(15)12-21(9-10-24-18)11-14-8-7-13-3-1-5-17(13)20-14/h2,4,6-8H,1,3,5,9-12H2,(H,22,23). The molecule has 2 heterocycles. The number of aromatic carboxylic acids is 1. The lowest BCUT2D eigenvalue weighted by Crippen LogP contribution is -2.26. The predicted molar refractivity (Wildman–Crippen MR) is 89.3 cm³/mol. The number of carboxylic acids is 1. The first-order valence-electron chi connectivity index (χ1n) is 8.39. The number of rotatable bonds is 3. The maximum absolute atomic E-state index is 11.5. The lowest BCUT2D eigenvalue weighted by Gasteiger charge is -2.20. The molecular weight excluding hydrogens is 304 g/mol. The van der Waals surface area contributed by atoms with E-state index in [1.54, 1.807) is 12.1 Å². The van der Waals surface area contributed by atoms with E-state index in [-0.39, 0.29) is 0 Å². The van der Waals surface area contributed by atoms with E-state index >= 15 is 0 Å². The fourth-order valence-electron chi connectivity index (χ4n) is 3.57. The number of hydrogen-bond acceptors (Lipinski definition) is 4. The van der Waals surface area contributed by atoms with Gasteiger partial charge in [-0.2, -0.15) is 0 Å². The molecule has 1 aromatic carbocycles. The first-order chi connectivity index (χ1) is 11.7. The van der Waals surface area contributed by atoms with Crippen LogP contribution in [0.5, 0.6) is 5.75 Å². The van der Waals surface area contributed by atoms with E-state index in [2.05, 4.69) is 17.0 Å². The number of hydrogen-bond donors (Lipinski definition) is 1. The normalized spacial score (nSPS) is 16.8. The molecule has 0 atom stereocenters. The number of nitrogens with zero attached hydrogens (tertiary/aromatic N) is 2. The lowest BCUT2D eigenvalue weighted by molar-refractivity contribution is 0.0694. The second-order valence-electron chi connectivity index (χ2n) is 6.41. The van der Waals surface area contributed by atoms with Gasteiger partial charge in [0.2, 0.25) is 0 Å². The van der Waals surface area contributed by atoms with Gasteiger partial charge in [-0.05, 0) is 43.0 Å². The first kappa shape index (κ1) is 15.1. The van der Waals surface area contributed by atoms with E-state index in [4.69, 9.17) is 9.72 Å². The summed E-state index contributed by atoms with van der Waals surface area (Å²) < 4.78 is 5.76. The Kier molecular flexibility index (Phi) is 3.94. The predicted octanol–water partition coefficient (Wildman–Crippen LogP) is 2.66. The molecule has 0 fully saturated rings. The smallest absolute Gasteiger partial charge is 0.336 e. The number of aryl methyl sites for hydroxylation is 2. The van der Waals surface area contributed by atoms with Crippen molar-refractivity contribution in [2.24, 2.45) is 0 Å². The maximum atomic E-state index is 11.5. The summed E-state index contributed by atoms with van der Waals surface area (Å²) in [5.74, 6) is -0.229. The second-order valence-corrected chi connectivity index (χ2v) is 6.41. The van der Waals surface area contributed by atoms with Crippen molar-refractivity contribution >= 4 is 5.97 Å². The maximum Gasteiger partial charge on any atom is 0.336 e. The van der Waals surface area contributed by atoms with E-state index in [0.717, 1.165) is 30.6 Å². The van der Waals surface area contributed by atoms with Crippen LogP contribution in [0.2, 0.25) is 0 Å². The third kappa shape index (κ3) is 2.87. The zero-order valence-corrected chi connectivity index (χ0v) is 13.5. The molecular formula is C19H20N2O3. The van der Waals surface area contributed by atoms with Crippen LogP contribution in [0.25, 0.3) is 0 Å². The highest BCUT2D eigenvalue weighted by molar-refractivity contribution is 5.90. The van der Waals surface area contributed by atoms with E-state index in [1.807, 2.05) is 6.07 Å². The Morgan fingerprint density at radius 3 is 3.04 bits per heavy atom. The second kappa shape index (κ2) is 6.24. The minimum absolute atomic E-state index is 0.321. The third-order valence-electron chi connectivity index (χ3n) is 4.78. The molecule has 4 rings (SSSR count). The quantitative estimate of drug-likeness (QED) is 0.940. The van der Waals surface area contributed by atoms with Crippen molar-refractivity contribution in [1.29, 1.82) is 0 Å². The topological polar surface area (TPSA) is 62.7 Å². The van der Waals surface area contributed by atoms with Gasteiger partial charge < -0.3 is 9.84 Å². The third-order valence-corrected chi connectivity index (χ3v) is 4.78. The number of benzene rings is 1. The van der Waals surface area contributed by atoms with Crippen LogP contribution in [0, 0.1) is 0 Å². The van der Waals surface area contributed by atoms with E-state index in [1.165, 1.54) is 17.7 Å². The SMILES string of the molecule is O=C(O)c1cccc2c1CN(Cc1ccc3c(n1)CCC3)CCO2. The van der Waals surface area contributed by atoms with Crippen molar-refractivity contribution in [3.63, 3.8) is 0 Å². The largest absolute Gasteiger partial charge is 0.492 e. The molecule has 5 heteroatoms. The number of pyridine rings is 1. The van der Waals surface area contributed by atoms with Crippen LogP contribution < -0.4 is 4.74 Å². The first-order valence-corrected chi connectivity index (χ1v) is 8.39. The van der Waals surface area contributed by atoms with Gasteiger partial charge in [0.15, 0.2) is 0 Å². The van der Waals surface area contributed by atoms with Gasteiger partial charge in [-0.15, -0.1) is 0 Å². The van der Waals surface area contributed by atoms with Crippen LogP contribution >= 0.6 is 0 Å². The number of fused-ring (bicyclic) bond motifs is 2. The monoisotopic (exact) mass is 324 g/mol. The summed E-state index contributed by atoms with van der Waals surface area (Å²) in [7, 11) is 0. The van der Waals surface area contributed by atoms with Crippen molar-refractivity contribution in [3.05, 3.63) is 58.4 Å². The summed E-state index contributed by atoms with van der Waals surface area (Å²) in [5, 5.41) is 9.43. The Bertz CT molecular complexity index is 788. The van der Waals surface area contributed by atoms with Gasteiger partial charge in [-0.1, -0.05) is 12.1 Å². The fraction of sp³-hybridized carbons (Fsp3) is 0.368. The highest BCUT2D eigenvalue weighted by atomic mass is 16.5. The molecule has 0 amide bonds. The summed E-state index contributed by atoms with van der Waals surface area (Å²) in [5.41, 5.74) is 4.72. The molecule has 0 spiro atoms.